The maximum Gasteiger partial charge on any atom is 0.352 e. The summed E-state index contributed by atoms with van der Waals surface area (Å²) in [6.07, 6.45) is 18.5. The molecule has 0 saturated carbocycles. The summed E-state index contributed by atoms with van der Waals surface area (Å²) in [6.45, 7) is 8.19. The molecule has 1 aliphatic rings. The van der Waals surface area contributed by atoms with Gasteiger partial charge in [0, 0.05) is 45.8 Å². The summed E-state index contributed by atoms with van der Waals surface area (Å²) in [7, 11) is 0. The Morgan fingerprint density at radius 2 is 1.45 bits per heavy atom. The lowest BCUT2D eigenvalue weighted by molar-refractivity contribution is -0.147. The monoisotopic (exact) mass is 740 g/mol. The van der Waals surface area contributed by atoms with Crippen molar-refractivity contribution < 1.29 is 24.2 Å². The van der Waals surface area contributed by atoms with E-state index in [1.165, 1.54) is 101 Å². The lowest BCUT2D eigenvalue weighted by atomic mass is 9.96. The molecule has 9 nitrogen and oxygen atoms in total. The molecule has 3 aromatic rings. The number of esters is 1. The fraction of sp³-hybridized carbons (Fsp3) is 0.525. The van der Waals surface area contributed by atoms with Crippen LogP contribution in [0.1, 0.15) is 134 Å². The minimum absolute atomic E-state index is 0.0246. The van der Waals surface area contributed by atoms with E-state index in [0.29, 0.717) is 11.2 Å². The number of hydrogen-bond donors (Lipinski definition) is 4. The van der Waals surface area contributed by atoms with Gasteiger partial charge in [0.05, 0.1) is 16.3 Å². The first-order valence-corrected chi connectivity index (χ1v) is 19.3. The first kappa shape index (κ1) is 40.2. The van der Waals surface area contributed by atoms with E-state index in [1.54, 1.807) is 20.8 Å². The number of hydrazine groups is 1. The Morgan fingerprint density at radius 1 is 0.882 bits per heavy atom. The predicted molar refractivity (Wildman–Crippen MR) is 209 cm³/mol. The number of carbonyl (C=O) groups excluding carboxylic acids is 2. The second-order valence-corrected chi connectivity index (χ2v) is 15.2. The Bertz CT molecular complexity index is 1680. The summed E-state index contributed by atoms with van der Waals surface area (Å²) >= 11 is 12.8. The number of aromatic carboxylic acids is 1. The first-order chi connectivity index (χ1) is 24.4. The maximum absolute atomic E-state index is 14.0. The quantitative estimate of drug-likeness (QED) is 0.0516. The number of ether oxygens (including phenoxy) is 1. The Balaban J connectivity index is 1.36. The van der Waals surface area contributed by atoms with Crippen molar-refractivity contribution in [3.63, 3.8) is 0 Å². The van der Waals surface area contributed by atoms with Crippen LogP contribution >= 0.6 is 23.2 Å². The molecule has 0 radical (unpaired) electrons. The van der Waals surface area contributed by atoms with E-state index in [2.05, 4.69) is 22.7 Å². The number of halogens is 2. The molecule has 51 heavy (non-hydrogen) atoms. The van der Waals surface area contributed by atoms with Crippen LogP contribution in [0.4, 0.5) is 11.4 Å². The summed E-state index contributed by atoms with van der Waals surface area (Å²) in [4.78, 5) is 43.0. The number of unbranched alkanes of at least 4 members (excludes halogenated alkanes) is 13. The van der Waals surface area contributed by atoms with Crippen molar-refractivity contribution in [2.45, 2.75) is 123 Å². The van der Waals surface area contributed by atoms with Gasteiger partial charge in [0.2, 0.25) is 0 Å². The molecule has 2 heterocycles. The first-order valence-electron chi connectivity index (χ1n) is 18.5. The molecule has 278 valence electrons. The van der Waals surface area contributed by atoms with Crippen LogP contribution in [0.3, 0.4) is 0 Å². The van der Waals surface area contributed by atoms with Gasteiger partial charge in [-0.15, -0.1) is 0 Å². The highest BCUT2D eigenvalue weighted by atomic mass is 35.5. The molecule has 1 fully saturated rings. The molecule has 4 rings (SSSR count). The largest absolute Gasteiger partial charge is 0.477 e. The topological polar surface area (TPSA) is 124 Å². The van der Waals surface area contributed by atoms with Gasteiger partial charge in [0.15, 0.2) is 0 Å². The molecular weight excluding hydrogens is 687 g/mol. The van der Waals surface area contributed by atoms with Gasteiger partial charge >= 0.3 is 11.9 Å². The van der Waals surface area contributed by atoms with E-state index in [4.69, 9.17) is 27.9 Å². The molecule has 1 aliphatic heterocycles. The highest BCUT2D eigenvalue weighted by molar-refractivity contribution is 6.41. The molecule has 1 aromatic heterocycles. The van der Waals surface area contributed by atoms with Gasteiger partial charge in [0.1, 0.15) is 11.3 Å². The van der Waals surface area contributed by atoms with Crippen LogP contribution < -0.4 is 15.8 Å². The summed E-state index contributed by atoms with van der Waals surface area (Å²) in [5, 5.41) is 15.6. The SMILES string of the molecule is CCCCCCCCCCCCCCCCNc1ccc(N2NCC(=C(C(=O)OC(C)(C)C)c3c(C(=O)O)[nH]c4cc(Cl)cc(Cl)c34)C2=O)cc1. The smallest absolute Gasteiger partial charge is 0.352 e. The number of hydrogen-bond acceptors (Lipinski definition) is 6. The third-order valence-corrected chi connectivity index (χ3v) is 9.56. The van der Waals surface area contributed by atoms with Gasteiger partial charge in [-0.25, -0.2) is 20.0 Å². The number of aromatic nitrogens is 1. The highest BCUT2D eigenvalue weighted by Crippen LogP contribution is 2.39. The van der Waals surface area contributed by atoms with Gasteiger partial charge in [-0.1, -0.05) is 114 Å². The van der Waals surface area contributed by atoms with Gasteiger partial charge in [-0.2, -0.15) is 0 Å². The molecule has 1 saturated heterocycles. The summed E-state index contributed by atoms with van der Waals surface area (Å²) in [5.41, 5.74) is 3.52. The van der Waals surface area contributed by atoms with Crippen molar-refractivity contribution in [1.29, 1.82) is 0 Å². The van der Waals surface area contributed by atoms with Gasteiger partial charge in [-0.05, 0) is 63.6 Å². The van der Waals surface area contributed by atoms with Crippen LogP contribution in [0, 0.1) is 0 Å². The standard InChI is InChI=1S/C40H54Cl2N4O5/c1-5-6-7-8-9-10-11-12-13-14-15-16-17-18-23-43-28-19-21-29(22-20-28)46-37(47)30(26-44-46)33(39(50)51-40(2,3)4)35-34-31(42)24-27(41)25-32(34)45-36(35)38(48)49/h19-22,24-25,43-45H,5-18,23,26H2,1-4H3,(H,48,49). The third-order valence-electron chi connectivity index (χ3n) is 9.04. The summed E-state index contributed by atoms with van der Waals surface area (Å²) < 4.78 is 5.71. The third kappa shape index (κ3) is 11.5. The van der Waals surface area contributed by atoms with Gasteiger partial charge in [-0.3, -0.25) is 4.79 Å². The zero-order chi connectivity index (χ0) is 37.0. The number of rotatable bonds is 20. The van der Waals surface area contributed by atoms with Crippen LogP contribution in [0.5, 0.6) is 0 Å². The average Bonchev–Trinajstić information content (AvgIpc) is 3.63. The lowest BCUT2D eigenvalue weighted by Gasteiger charge is -2.22. The number of carboxylic acid groups (broad SMARTS) is 1. The molecule has 0 spiro atoms. The van der Waals surface area contributed by atoms with Crippen molar-refractivity contribution in [1.82, 2.24) is 10.4 Å². The number of aromatic amines is 1. The van der Waals surface area contributed by atoms with Gasteiger partial charge < -0.3 is 20.1 Å². The molecule has 0 unspecified atom stereocenters. The number of fused-ring (bicyclic) bond motifs is 1. The van der Waals surface area contributed by atoms with Crippen LogP contribution in [-0.2, 0) is 14.3 Å². The molecule has 2 aromatic carbocycles. The molecule has 0 atom stereocenters. The van der Waals surface area contributed by atoms with Gasteiger partial charge in [0.25, 0.3) is 5.91 Å². The van der Waals surface area contributed by atoms with Crippen molar-refractivity contribution in [2.24, 2.45) is 0 Å². The zero-order valence-electron chi connectivity index (χ0n) is 30.6. The second kappa shape index (κ2) is 19.3. The molecule has 1 amide bonds. The van der Waals surface area contributed by atoms with Crippen LogP contribution in [0.2, 0.25) is 10.0 Å². The number of nitrogens with zero attached hydrogens (tertiary/aromatic N) is 1. The molecule has 4 N–H and O–H groups in total. The van der Waals surface area contributed by atoms with E-state index in [1.807, 2.05) is 24.3 Å². The van der Waals surface area contributed by atoms with E-state index in [0.717, 1.165) is 18.7 Å². The Kier molecular flexibility index (Phi) is 15.3. The second-order valence-electron chi connectivity index (χ2n) is 14.4. The van der Waals surface area contributed by atoms with E-state index in [9.17, 15) is 19.5 Å². The number of anilines is 2. The van der Waals surface area contributed by atoms with Crippen molar-refractivity contribution in [3.8, 4) is 0 Å². The summed E-state index contributed by atoms with van der Waals surface area (Å²) in [5.74, 6) is -2.68. The molecule has 11 heteroatoms. The Morgan fingerprint density at radius 3 is 2.00 bits per heavy atom. The van der Waals surface area contributed by atoms with Crippen LogP contribution in [0.25, 0.3) is 16.5 Å². The van der Waals surface area contributed by atoms with Crippen molar-refractivity contribution in [2.75, 3.05) is 23.4 Å². The van der Waals surface area contributed by atoms with E-state index < -0.39 is 23.4 Å². The van der Waals surface area contributed by atoms with E-state index >= 15 is 0 Å². The fourth-order valence-electron chi connectivity index (χ4n) is 6.49. The predicted octanol–water partition coefficient (Wildman–Crippen LogP) is 10.7. The lowest BCUT2D eigenvalue weighted by Crippen LogP contribution is -2.34. The van der Waals surface area contributed by atoms with Crippen molar-refractivity contribution >= 4 is 68.9 Å². The Labute approximate surface area is 312 Å². The fourth-order valence-corrected chi connectivity index (χ4v) is 7.08. The normalized spacial score (nSPS) is 14.4. The number of amides is 1. The average molecular weight is 742 g/mol. The maximum atomic E-state index is 14.0. The van der Waals surface area contributed by atoms with Crippen LogP contribution in [0.15, 0.2) is 42.0 Å². The number of carboxylic acids is 1. The molecule has 0 bridgehead atoms. The molecule has 0 aliphatic carbocycles. The minimum Gasteiger partial charge on any atom is -0.477 e. The highest BCUT2D eigenvalue weighted by Gasteiger charge is 2.38. The molecular formula is C40H54Cl2N4O5. The number of benzene rings is 2. The number of H-pyrrole nitrogens is 1. The minimum atomic E-state index is -1.33. The number of carbonyl (C=O) groups is 3. The zero-order valence-corrected chi connectivity index (χ0v) is 32.1. The van der Waals surface area contributed by atoms with Crippen LogP contribution in [-0.4, -0.2) is 46.6 Å². The van der Waals surface area contributed by atoms with E-state index in [-0.39, 0.29) is 44.4 Å². The van der Waals surface area contributed by atoms with Crippen molar-refractivity contribution in [3.05, 3.63) is 63.3 Å². The Hall–Kier alpha value is -3.53. The summed E-state index contributed by atoms with van der Waals surface area (Å²) in [6, 6.07) is 10.4. The number of nitrogens with one attached hydrogen (secondary N) is 3.